The number of H-pyrrole nitrogens is 1. The van der Waals surface area contributed by atoms with Crippen molar-refractivity contribution < 1.29 is 4.79 Å². The third kappa shape index (κ3) is 5.30. The Morgan fingerprint density at radius 1 is 1.29 bits per heavy atom. The molecule has 2 heterocycles. The highest BCUT2D eigenvalue weighted by Gasteiger charge is 2.11. The zero-order valence-corrected chi connectivity index (χ0v) is 17.6. The fourth-order valence-electron chi connectivity index (χ4n) is 3.03. The molecule has 6 nitrogen and oxygen atoms in total. The lowest BCUT2D eigenvalue weighted by molar-refractivity contribution is -0.121. The highest BCUT2D eigenvalue weighted by molar-refractivity contribution is 7.71. The van der Waals surface area contributed by atoms with E-state index in [9.17, 15) is 4.79 Å². The first-order valence-corrected chi connectivity index (χ1v) is 10.7. The van der Waals surface area contributed by atoms with Crippen LogP contribution in [0.3, 0.4) is 0 Å². The molecule has 1 amide bonds. The zero-order chi connectivity index (χ0) is 19.8. The van der Waals surface area contributed by atoms with Gasteiger partial charge in [-0.1, -0.05) is 24.3 Å². The van der Waals surface area contributed by atoms with Gasteiger partial charge in [-0.3, -0.25) is 14.5 Å². The second-order valence-corrected chi connectivity index (χ2v) is 7.68. The monoisotopic (exact) mass is 415 g/mol. The molecular formula is C20H25N5OS2. The summed E-state index contributed by atoms with van der Waals surface area (Å²) in [5, 5.41) is 12.1. The molecule has 2 N–H and O–H groups in total. The first-order chi connectivity index (χ1) is 13.7. The Labute approximate surface area is 174 Å². The summed E-state index contributed by atoms with van der Waals surface area (Å²) in [7, 11) is 0. The zero-order valence-electron chi connectivity index (χ0n) is 15.9. The number of nitrogens with zero attached hydrogens (tertiary/aromatic N) is 3. The average molecular weight is 416 g/mol. The molecule has 1 aromatic carbocycles. The van der Waals surface area contributed by atoms with Crippen LogP contribution in [0.1, 0.15) is 19.8 Å². The van der Waals surface area contributed by atoms with E-state index in [1.165, 1.54) is 5.69 Å². The molecule has 0 aliphatic heterocycles. The van der Waals surface area contributed by atoms with E-state index in [0.717, 1.165) is 30.2 Å². The number of carbonyl (C=O) groups is 1. The van der Waals surface area contributed by atoms with E-state index in [1.807, 2.05) is 40.3 Å². The predicted octanol–water partition coefficient (Wildman–Crippen LogP) is 4.09. The summed E-state index contributed by atoms with van der Waals surface area (Å²) < 4.78 is 2.42. The standard InChI is InChI=1S/C20H25N5OS2/c1-2-24(16-8-4-3-5-9-16)13-7-12-21-18(26)11-14-25-19(22-23-20(25)27)17-10-6-15-28-17/h3-6,8-10,15H,2,7,11-14H2,1H3,(H,21,26)(H,23,27). The van der Waals surface area contributed by atoms with Gasteiger partial charge in [0.2, 0.25) is 5.91 Å². The third-order valence-corrected chi connectivity index (χ3v) is 5.67. The highest BCUT2D eigenvalue weighted by atomic mass is 32.1. The van der Waals surface area contributed by atoms with Crippen LogP contribution in [0.4, 0.5) is 5.69 Å². The summed E-state index contributed by atoms with van der Waals surface area (Å²) in [5.74, 6) is 0.817. The Morgan fingerprint density at radius 2 is 2.11 bits per heavy atom. The van der Waals surface area contributed by atoms with Crippen molar-refractivity contribution in [2.75, 3.05) is 24.5 Å². The highest BCUT2D eigenvalue weighted by Crippen LogP contribution is 2.22. The number of amides is 1. The summed E-state index contributed by atoms with van der Waals surface area (Å²) in [4.78, 5) is 15.6. The largest absolute Gasteiger partial charge is 0.372 e. The van der Waals surface area contributed by atoms with Gasteiger partial charge >= 0.3 is 0 Å². The van der Waals surface area contributed by atoms with E-state index in [0.29, 0.717) is 24.3 Å². The Morgan fingerprint density at radius 3 is 2.82 bits per heavy atom. The number of nitrogens with one attached hydrogen (secondary N) is 2. The maximum Gasteiger partial charge on any atom is 0.221 e. The maximum atomic E-state index is 12.2. The third-order valence-electron chi connectivity index (χ3n) is 4.49. The van der Waals surface area contributed by atoms with E-state index in [-0.39, 0.29) is 5.91 Å². The molecule has 0 spiro atoms. The van der Waals surface area contributed by atoms with Gasteiger partial charge in [0.15, 0.2) is 10.6 Å². The molecule has 28 heavy (non-hydrogen) atoms. The van der Waals surface area contributed by atoms with Crippen LogP contribution in [-0.4, -0.2) is 40.3 Å². The number of carbonyl (C=O) groups excluding carboxylic acids is 1. The number of para-hydroxylation sites is 1. The summed E-state index contributed by atoms with van der Waals surface area (Å²) in [5.41, 5.74) is 1.21. The quantitative estimate of drug-likeness (QED) is 0.387. The first kappa shape index (κ1) is 20.3. The minimum atomic E-state index is 0.0305. The van der Waals surface area contributed by atoms with Gasteiger partial charge in [-0.25, -0.2) is 0 Å². The van der Waals surface area contributed by atoms with Crippen LogP contribution in [0.5, 0.6) is 0 Å². The summed E-state index contributed by atoms with van der Waals surface area (Å²) in [6.07, 6.45) is 1.28. The van der Waals surface area contributed by atoms with Crippen molar-refractivity contribution in [1.82, 2.24) is 20.1 Å². The minimum Gasteiger partial charge on any atom is -0.372 e. The number of rotatable bonds is 10. The van der Waals surface area contributed by atoms with Gasteiger partial charge in [0.05, 0.1) is 4.88 Å². The molecule has 0 saturated heterocycles. The summed E-state index contributed by atoms with van der Waals surface area (Å²) in [6.45, 7) is 5.18. The second-order valence-electron chi connectivity index (χ2n) is 6.35. The van der Waals surface area contributed by atoms with Crippen LogP contribution in [0.15, 0.2) is 47.8 Å². The number of aromatic nitrogens is 3. The van der Waals surface area contributed by atoms with Crippen molar-refractivity contribution in [2.45, 2.75) is 26.3 Å². The SMILES string of the molecule is CCN(CCCNC(=O)CCn1c(-c2cccs2)n[nH]c1=S)c1ccccc1. The molecule has 0 fully saturated rings. The van der Waals surface area contributed by atoms with Crippen LogP contribution in [0, 0.1) is 4.77 Å². The van der Waals surface area contributed by atoms with Crippen LogP contribution < -0.4 is 10.2 Å². The van der Waals surface area contributed by atoms with Crippen molar-refractivity contribution in [2.24, 2.45) is 0 Å². The van der Waals surface area contributed by atoms with Crippen LogP contribution in [0.25, 0.3) is 10.7 Å². The van der Waals surface area contributed by atoms with Crippen molar-refractivity contribution in [3.8, 4) is 10.7 Å². The molecule has 0 unspecified atom stereocenters. The average Bonchev–Trinajstić information content (AvgIpc) is 3.37. The van der Waals surface area contributed by atoms with Gasteiger partial charge in [-0.15, -0.1) is 11.3 Å². The summed E-state index contributed by atoms with van der Waals surface area (Å²) >= 11 is 6.91. The first-order valence-electron chi connectivity index (χ1n) is 9.45. The smallest absolute Gasteiger partial charge is 0.221 e. The molecular weight excluding hydrogens is 390 g/mol. The number of anilines is 1. The topological polar surface area (TPSA) is 66.0 Å². The molecule has 3 aromatic rings. The van der Waals surface area contributed by atoms with E-state index in [4.69, 9.17) is 12.2 Å². The Bertz CT molecular complexity index is 918. The van der Waals surface area contributed by atoms with Crippen molar-refractivity contribution in [3.63, 3.8) is 0 Å². The molecule has 0 saturated carbocycles. The number of benzene rings is 1. The summed E-state index contributed by atoms with van der Waals surface area (Å²) in [6, 6.07) is 14.3. The van der Waals surface area contributed by atoms with Crippen molar-refractivity contribution in [1.29, 1.82) is 0 Å². The lowest BCUT2D eigenvalue weighted by Crippen LogP contribution is -2.30. The maximum absolute atomic E-state index is 12.2. The molecule has 0 bridgehead atoms. The van der Waals surface area contributed by atoms with Crippen LogP contribution in [0.2, 0.25) is 0 Å². The van der Waals surface area contributed by atoms with Crippen molar-refractivity contribution in [3.05, 3.63) is 52.6 Å². The molecule has 0 radical (unpaired) electrons. The molecule has 2 aromatic heterocycles. The van der Waals surface area contributed by atoms with Crippen LogP contribution >= 0.6 is 23.6 Å². The fourth-order valence-corrected chi connectivity index (χ4v) is 3.97. The Balaban J connectivity index is 1.43. The molecule has 3 rings (SSSR count). The Hall–Kier alpha value is -2.45. The van der Waals surface area contributed by atoms with Gasteiger partial charge in [0, 0.05) is 38.3 Å². The van der Waals surface area contributed by atoms with Gasteiger partial charge in [-0.05, 0) is 49.1 Å². The number of thiophene rings is 1. The van der Waals surface area contributed by atoms with E-state index >= 15 is 0 Å². The number of hydrogen-bond acceptors (Lipinski definition) is 5. The fraction of sp³-hybridized carbons (Fsp3) is 0.350. The Kier molecular flexibility index (Phi) is 7.39. The predicted molar refractivity (Wildman–Crippen MR) is 117 cm³/mol. The second kappa shape index (κ2) is 10.2. The normalized spacial score (nSPS) is 10.8. The van der Waals surface area contributed by atoms with Gasteiger partial charge < -0.3 is 10.2 Å². The van der Waals surface area contributed by atoms with Gasteiger partial charge in [-0.2, -0.15) is 5.10 Å². The lowest BCUT2D eigenvalue weighted by atomic mass is 10.2. The van der Waals surface area contributed by atoms with E-state index in [1.54, 1.807) is 11.3 Å². The van der Waals surface area contributed by atoms with Gasteiger partial charge in [0.25, 0.3) is 0 Å². The lowest BCUT2D eigenvalue weighted by Gasteiger charge is -2.23. The molecule has 0 aliphatic rings. The molecule has 0 aliphatic carbocycles. The van der Waals surface area contributed by atoms with E-state index in [2.05, 4.69) is 39.5 Å². The number of hydrogen-bond donors (Lipinski definition) is 2. The molecule has 0 atom stereocenters. The van der Waals surface area contributed by atoms with Crippen LogP contribution in [-0.2, 0) is 11.3 Å². The minimum absolute atomic E-state index is 0.0305. The van der Waals surface area contributed by atoms with E-state index < -0.39 is 0 Å². The molecule has 148 valence electrons. The number of aromatic amines is 1. The molecule has 8 heteroatoms. The van der Waals surface area contributed by atoms with Crippen molar-refractivity contribution >= 4 is 35.1 Å². The van der Waals surface area contributed by atoms with Gasteiger partial charge in [0.1, 0.15) is 0 Å².